The summed E-state index contributed by atoms with van der Waals surface area (Å²) in [5.41, 5.74) is 4.02. The Morgan fingerprint density at radius 1 is 1.14 bits per heavy atom. The molecule has 0 spiro atoms. The van der Waals surface area contributed by atoms with E-state index < -0.39 is 10.0 Å². The molecular formula is C21H28FN3O2S. The Balaban J connectivity index is 1.82. The van der Waals surface area contributed by atoms with Gasteiger partial charge in [-0.3, -0.25) is 5.01 Å². The van der Waals surface area contributed by atoms with Crippen LogP contribution >= 0.6 is 0 Å². The highest BCUT2D eigenvalue weighted by molar-refractivity contribution is 7.88. The first-order valence-corrected chi connectivity index (χ1v) is 11.5. The number of hydrogen-bond acceptors (Lipinski definition) is 4. The molecule has 1 fully saturated rings. The van der Waals surface area contributed by atoms with Crippen molar-refractivity contribution in [1.82, 2.24) is 4.31 Å². The Bertz CT molecular complexity index is 908. The van der Waals surface area contributed by atoms with E-state index in [2.05, 4.69) is 19.1 Å². The Morgan fingerprint density at radius 2 is 1.79 bits per heavy atom. The number of benzene rings is 2. The molecule has 2 aromatic carbocycles. The first kappa shape index (κ1) is 20.8. The minimum absolute atomic E-state index is 0.290. The molecule has 1 heterocycles. The highest BCUT2D eigenvalue weighted by Crippen LogP contribution is 2.34. The van der Waals surface area contributed by atoms with Gasteiger partial charge in [-0.05, 0) is 66.6 Å². The molecule has 0 aliphatic carbocycles. The van der Waals surface area contributed by atoms with Crippen molar-refractivity contribution < 1.29 is 12.8 Å². The van der Waals surface area contributed by atoms with Crippen LogP contribution in [0.3, 0.4) is 0 Å². The van der Waals surface area contributed by atoms with Crippen molar-refractivity contribution in [1.29, 1.82) is 0 Å². The summed E-state index contributed by atoms with van der Waals surface area (Å²) in [6.07, 6.45) is 4.79. The molecule has 1 saturated heterocycles. The monoisotopic (exact) mass is 405 g/mol. The number of aryl methyl sites for hydroxylation is 1. The number of nitrogens with zero attached hydrogens (tertiary/aromatic N) is 2. The zero-order valence-corrected chi connectivity index (χ0v) is 17.3. The van der Waals surface area contributed by atoms with Gasteiger partial charge < -0.3 is 0 Å². The van der Waals surface area contributed by atoms with E-state index in [4.69, 9.17) is 5.84 Å². The van der Waals surface area contributed by atoms with Crippen LogP contribution in [0.1, 0.15) is 43.2 Å². The molecule has 0 saturated carbocycles. The molecule has 2 aromatic rings. The number of hydrazine groups is 1. The third-order valence-corrected chi connectivity index (χ3v) is 6.68. The third-order valence-electron chi connectivity index (χ3n) is 5.38. The first-order chi connectivity index (χ1) is 13.3. The molecule has 0 amide bonds. The van der Waals surface area contributed by atoms with E-state index in [9.17, 15) is 12.8 Å². The molecule has 2 N–H and O–H groups in total. The molecule has 1 aliphatic rings. The molecule has 0 aromatic heterocycles. The van der Waals surface area contributed by atoms with E-state index >= 15 is 0 Å². The van der Waals surface area contributed by atoms with E-state index in [1.165, 1.54) is 24.0 Å². The lowest BCUT2D eigenvalue weighted by atomic mass is 9.88. The van der Waals surface area contributed by atoms with Gasteiger partial charge in [0.2, 0.25) is 10.0 Å². The predicted molar refractivity (Wildman–Crippen MR) is 112 cm³/mol. The molecule has 1 aliphatic heterocycles. The summed E-state index contributed by atoms with van der Waals surface area (Å²) in [5.74, 6) is 6.39. The van der Waals surface area contributed by atoms with E-state index in [0.717, 1.165) is 42.6 Å². The molecule has 0 unspecified atom stereocenters. The number of anilines is 2. The number of hydrogen-bond donors (Lipinski definition) is 1. The van der Waals surface area contributed by atoms with Crippen LogP contribution in [-0.4, -0.2) is 32.1 Å². The number of nitrogens with two attached hydrogens (primary N) is 1. The smallest absolute Gasteiger partial charge is 0.211 e. The summed E-state index contributed by atoms with van der Waals surface area (Å²) in [5, 5.41) is 1.60. The van der Waals surface area contributed by atoms with Crippen molar-refractivity contribution in [3.8, 4) is 0 Å². The quantitative estimate of drug-likeness (QED) is 0.584. The SMILES string of the molecule is CCCc1cc(C2CCN(S(C)(=O)=O)CC2)ccc1N(N)c1ccc(F)cc1. The minimum atomic E-state index is -3.12. The number of halogens is 1. The van der Waals surface area contributed by atoms with Crippen LogP contribution in [0.2, 0.25) is 0 Å². The standard InChI is InChI=1S/C21H28FN3O2S/c1-3-4-18-15-17(16-11-13-24(14-12-16)28(2,26)27)5-10-21(18)25(23)20-8-6-19(22)7-9-20/h5-10,15-16H,3-4,11-14,23H2,1-2H3. The van der Waals surface area contributed by atoms with Crippen molar-refractivity contribution in [2.24, 2.45) is 5.84 Å². The predicted octanol–water partition coefficient (Wildman–Crippen LogP) is 3.93. The second-order valence-corrected chi connectivity index (χ2v) is 9.40. The van der Waals surface area contributed by atoms with Gasteiger partial charge in [-0.15, -0.1) is 0 Å². The first-order valence-electron chi connectivity index (χ1n) is 9.68. The Hall–Kier alpha value is -1.96. The topological polar surface area (TPSA) is 66.6 Å². The van der Waals surface area contributed by atoms with Gasteiger partial charge in [0.25, 0.3) is 0 Å². The maximum absolute atomic E-state index is 13.2. The van der Waals surface area contributed by atoms with Crippen LogP contribution in [0.25, 0.3) is 0 Å². The maximum atomic E-state index is 13.2. The molecule has 0 atom stereocenters. The van der Waals surface area contributed by atoms with Crippen LogP contribution in [0.5, 0.6) is 0 Å². The fourth-order valence-corrected chi connectivity index (χ4v) is 4.70. The number of piperidine rings is 1. The lowest BCUT2D eigenvalue weighted by molar-refractivity contribution is 0.321. The van der Waals surface area contributed by atoms with Gasteiger partial charge in [0.15, 0.2) is 0 Å². The molecule has 3 rings (SSSR count). The Labute approximate surface area is 167 Å². The average molecular weight is 406 g/mol. The van der Waals surface area contributed by atoms with E-state index in [1.807, 2.05) is 6.07 Å². The fourth-order valence-electron chi connectivity index (χ4n) is 3.83. The Kier molecular flexibility index (Phi) is 6.37. The summed E-state index contributed by atoms with van der Waals surface area (Å²) in [6.45, 7) is 3.25. The summed E-state index contributed by atoms with van der Waals surface area (Å²) in [4.78, 5) is 0. The lowest BCUT2D eigenvalue weighted by Crippen LogP contribution is -2.37. The highest BCUT2D eigenvalue weighted by atomic mass is 32.2. The average Bonchev–Trinajstić information content (AvgIpc) is 2.68. The van der Waals surface area contributed by atoms with E-state index in [1.54, 1.807) is 21.4 Å². The lowest BCUT2D eigenvalue weighted by Gasteiger charge is -2.31. The molecule has 0 radical (unpaired) electrons. The van der Waals surface area contributed by atoms with Crippen molar-refractivity contribution in [2.45, 2.75) is 38.5 Å². The summed E-state index contributed by atoms with van der Waals surface area (Å²) in [7, 11) is -3.12. The highest BCUT2D eigenvalue weighted by Gasteiger charge is 2.26. The van der Waals surface area contributed by atoms with Crippen molar-refractivity contribution >= 4 is 21.4 Å². The summed E-state index contributed by atoms with van der Waals surface area (Å²) >= 11 is 0. The van der Waals surface area contributed by atoms with Crippen LogP contribution in [-0.2, 0) is 16.4 Å². The summed E-state index contributed by atoms with van der Waals surface area (Å²) < 4.78 is 38.2. The molecule has 152 valence electrons. The molecule has 7 heteroatoms. The second-order valence-electron chi connectivity index (χ2n) is 7.42. The van der Waals surface area contributed by atoms with Crippen molar-refractivity contribution in [3.05, 3.63) is 59.4 Å². The fraction of sp³-hybridized carbons (Fsp3) is 0.429. The summed E-state index contributed by atoms with van der Waals surface area (Å²) in [6, 6.07) is 12.4. The Morgan fingerprint density at radius 3 is 2.36 bits per heavy atom. The molecular weight excluding hydrogens is 377 g/mol. The van der Waals surface area contributed by atoms with Crippen LogP contribution in [0.15, 0.2) is 42.5 Å². The van der Waals surface area contributed by atoms with Crippen LogP contribution in [0.4, 0.5) is 15.8 Å². The zero-order chi connectivity index (χ0) is 20.3. The maximum Gasteiger partial charge on any atom is 0.211 e. The van der Waals surface area contributed by atoms with Gasteiger partial charge in [-0.25, -0.2) is 23.0 Å². The largest absolute Gasteiger partial charge is 0.279 e. The van der Waals surface area contributed by atoms with Gasteiger partial charge in [-0.1, -0.05) is 25.5 Å². The molecule has 5 nitrogen and oxygen atoms in total. The molecule has 28 heavy (non-hydrogen) atoms. The molecule has 0 bridgehead atoms. The third kappa shape index (κ3) is 4.71. The van der Waals surface area contributed by atoms with Crippen molar-refractivity contribution in [2.75, 3.05) is 24.4 Å². The normalized spacial score (nSPS) is 16.3. The van der Waals surface area contributed by atoms with Crippen LogP contribution < -0.4 is 10.9 Å². The van der Waals surface area contributed by atoms with Crippen LogP contribution in [0, 0.1) is 5.82 Å². The number of sulfonamides is 1. The van der Waals surface area contributed by atoms with Gasteiger partial charge in [0.1, 0.15) is 5.82 Å². The second kappa shape index (κ2) is 8.59. The van der Waals surface area contributed by atoms with Gasteiger partial charge in [-0.2, -0.15) is 0 Å². The van der Waals surface area contributed by atoms with Gasteiger partial charge in [0, 0.05) is 13.1 Å². The van der Waals surface area contributed by atoms with Gasteiger partial charge in [0.05, 0.1) is 17.6 Å². The minimum Gasteiger partial charge on any atom is -0.279 e. The number of rotatable bonds is 6. The van der Waals surface area contributed by atoms with Crippen molar-refractivity contribution in [3.63, 3.8) is 0 Å². The van der Waals surface area contributed by atoms with E-state index in [0.29, 0.717) is 19.0 Å². The van der Waals surface area contributed by atoms with Gasteiger partial charge >= 0.3 is 0 Å². The van der Waals surface area contributed by atoms with E-state index in [-0.39, 0.29) is 5.82 Å². The zero-order valence-electron chi connectivity index (χ0n) is 16.4.